The van der Waals surface area contributed by atoms with Gasteiger partial charge in [0.25, 0.3) is 0 Å². The van der Waals surface area contributed by atoms with E-state index < -0.39 is 19.8 Å². The first-order valence-electron chi connectivity index (χ1n) is 7.57. The number of hydrogen-bond acceptors (Lipinski definition) is 2. The molecule has 2 aromatic carbocycles. The van der Waals surface area contributed by atoms with Gasteiger partial charge in [0, 0.05) is 0 Å². The number of rotatable bonds is 7. The summed E-state index contributed by atoms with van der Waals surface area (Å²) in [6, 6.07) is 16.5. The van der Waals surface area contributed by atoms with Gasteiger partial charge in [-0.3, -0.25) is 0 Å². The maximum absolute atomic E-state index is 10.8. The predicted molar refractivity (Wildman–Crippen MR) is 98.6 cm³/mol. The van der Waals surface area contributed by atoms with Crippen molar-refractivity contribution in [3.63, 3.8) is 0 Å². The topological polar surface area (TPSA) is 26.3 Å². The predicted octanol–water partition coefficient (Wildman–Crippen LogP) is 3.95. The normalized spacial score (nSPS) is 10.8. The van der Waals surface area contributed by atoms with Crippen LogP contribution in [0.4, 0.5) is 0 Å². The van der Waals surface area contributed by atoms with Crippen LogP contribution in [0, 0.1) is 0 Å². The standard InChI is InChI=1S/2C6H4Cl.C6H11O2.Sn/c2*7-6-4-2-1-3-5-6;1-3-4-5-8-6(2)7;/h2*2-5H;1,3-5H2,2H3;. The van der Waals surface area contributed by atoms with Crippen LogP contribution in [0.3, 0.4) is 0 Å². The molecule has 121 valence electrons. The van der Waals surface area contributed by atoms with Crippen LogP contribution in [0.1, 0.15) is 19.8 Å². The van der Waals surface area contributed by atoms with Gasteiger partial charge in [0.15, 0.2) is 0 Å². The molecule has 23 heavy (non-hydrogen) atoms. The van der Waals surface area contributed by atoms with Crippen molar-refractivity contribution in [2.24, 2.45) is 0 Å². The Morgan fingerprint density at radius 2 is 1.39 bits per heavy atom. The second-order valence-corrected chi connectivity index (χ2v) is 13.6. The zero-order chi connectivity index (χ0) is 16.7. The molecule has 2 aromatic rings. The fraction of sp³-hybridized carbons (Fsp3) is 0.278. The second-order valence-electron chi connectivity index (χ2n) is 5.29. The van der Waals surface area contributed by atoms with Crippen LogP contribution in [0.25, 0.3) is 0 Å². The Labute approximate surface area is 154 Å². The molecule has 0 atom stereocenters. The number of carbonyl (C=O) groups is 1. The van der Waals surface area contributed by atoms with Crippen molar-refractivity contribution in [1.29, 1.82) is 0 Å². The van der Waals surface area contributed by atoms with Crippen LogP contribution in [-0.2, 0) is 9.53 Å². The molecular formula is C18H19Cl2O2Sn. The van der Waals surface area contributed by atoms with E-state index in [1.807, 2.05) is 24.3 Å². The second kappa shape index (κ2) is 9.55. The van der Waals surface area contributed by atoms with Gasteiger partial charge in [0.2, 0.25) is 0 Å². The third kappa shape index (κ3) is 6.36. The number of halogens is 2. The fourth-order valence-corrected chi connectivity index (χ4v) is 10.2. The van der Waals surface area contributed by atoms with Gasteiger partial charge in [-0.2, -0.15) is 0 Å². The van der Waals surface area contributed by atoms with Crippen LogP contribution in [0.5, 0.6) is 0 Å². The van der Waals surface area contributed by atoms with Gasteiger partial charge < -0.3 is 0 Å². The molecule has 0 amide bonds. The van der Waals surface area contributed by atoms with Crippen LogP contribution in [0.15, 0.2) is 48.5 Å². The summed E-state index contributed by atoms with van der Waals surface area (Å²) in [6.07, 6.45) is 1.97. The van der Waals surface area contributed by atoms with E-state index in [4.69, 9.17) is 27.9 Å². The van der Waals surface area contributed by atoms with Crippen LogP contribution >= 0.6 is 23.2 Å². The van der Waals surface area contributed by atoms with Crippen molar-refractivity contribution in [3.05, 3.63) is 58.6 Å². The first-order valence-corrected chi connectivity index (χ1v) is 13.2. The van der Waals surface area contributed by atoms with Crippen LogP contribution in [0.2, 0.25) is 14.5 Å². The van der Waals surface area contributed by atoms with Crippen molar-refractivity contribution < 1.29 is 9.53 Å². The summed E-state index contributed by atoms with van der Waals surface area (Å²) in [5.74, 6) is -0.209. The summed E-state index contributed by atoms with van der Waals surface area (Å²) in [7, 11) is 0. The van der Waals surface area contributed by atoms with Gasteiger partial charge in [-0.05, 0) is 0 Å². The molecule has 1 radical (unpaired) electrons. The molecule has 0 unspecified atom stereocenters. The molecule has 2 nitrogen and oxygen atoms in total. The average Bonchev–Trinajstić information content (AvgIpc) is 2.53. The van der Waals surface area contributed by atoms with Crippen molar-refractivity contribution in [3.8, 4) is 0 Å². The molecule has 0 aliphatic carbocycles. The number of esters is 1. The van der Waals surface area contributed by atoms with Crippen molar-refractivity contribution in [2.45, 2.75) is 24.2 Å². The van der Waals surface area contributed by atoms with Crippen molar-refractivity contribution >= 4 is 56.1 Å². The first-order chi connectivity index (χ1) is 11.1. The molecule has 0 N–H and O–H groups in total. The molecule has 5 heteroatoms. The fourth-order valence-electron chi connectivity index (χ4n) is 2.38. The summed E-state index contributed by atoms with van der Waals surface area (Å²) in [5.41, 5.74) is 0. The number of ether oxygens (including phenoxy) is 1. The zero-order valence-electron chi connectivity index (χ0n) is 13.0. The first kappa shape index (κ1) is 18.6. The van der Waals surface area contributed by atoms with Crippen molar-refractivity contribution in [1.82, 2.24) is 0 Å². The van der Waals surface area contributed by atoms with E-state index in [1.165, 1.54) is 18.5 Å². The molecule has 0 aliphatic heterocycles. The van der Waals surface area contributed by atoms with Gasteiger partial charge in [0.1, 0.15) is 0 Å². The molecule has 0 saturated heterocycles. The third-order valence-electron chi connectivity index (χ3n) is 3.51. The summed E-state index contributed by atoms with van der Waals surface area (Å²) >= 11 is 10.0. The minimum absolute atomic E-state index is 0.209. The number of benzene rings is 2. The molecule has 2 rings (SSSR count). The Morgan fingerprint density at radius 1 is 0.913 bits per heavy atom. The average molecular weight is 457 g/mol. The Hall–Kier alpha value is -0.711. The van der Waals surface area contributed by atoms with Crippen molar-refractivity contribution in [2.75, 3.05) is 6.61 Å². The number of carbonyl (C=O) groups excluding carboxylic acids is 1. The van der Waals surface area contributed by atoms with E-state index in [2.05, 4.69) is 24.3 Å². The zero-order valence-corrected chi connectivity index (χ0v) is 17.4. The van der Waals surface area contributed by atoms with Gasteiger partial charge >= 0.3 is 155 Å². The molecule has 0 heterocycles. The van der Waals surface area contributed by atoms with E-state index in [0.29, 0.717) is 6.61 Å². The molecule has 0 aliphatic rings. The number of unbranched alkanes of at least 4 members (excludes halogenated alkanes) is 1. The van der Waals surface area contributed by atoms with E-state index in [-0.39, 0.29) is 5.97 Å². The van der Waals surface area contributed by atoms with Gasteiger partial charge in [-0.1, -0.05) is 0 Å². The van der Waals surface area contributed by atoms with E-state index in [9.17, 15) is 4.79 Å². The number of hydrogen-bond donors (Lipinski definition) is 0. The molecule has 0 saturated carbocycles. The summed E-state index contributed by atoms with van der Waals surface area (Å²) in [6.45, 7) is 1.95. The van der Waals surface area contributed by atoms with E-state index in [1.54, 1.807) is 0 Å². The Kier molecular flexibility index (Phi) is 7.74. The molecule has 0 fully saturated rings. The van der Waals surface area contributed by atoms with Gasteiger partial charge in [-0.15, -0.1) is 0 Å². The monoisotopic (exact) mass is 457 g/mol. The molecule has 0 aromatic heterocycles. The summed E-state index contributed by atoms with van der Waals surface area (Å²) < 4.78 is 9.03. The van der Waals surface area contributed by atoms with Gasteiger partial charge in [0.05, 0.1) is 0 Å². The Balaban J connectivity index is 2.07. The summed E-state index contributed by atoms with van der Waals surface area (Å²) in [5, 5.41) is 1.53. The van der Waals surface area contributed by atoms with E-state index in [0.717, 1.165) is 22.9 Å². The quantitative estimate of drug-likeness (QED) is 0.358. The minimum atomic E-state index is -1.98. The van der Waals surface area contributed by atoms with Crippen LogP contribution in [-0.4, -0.2) is 32.3 Å². The Morgan fingerprint density at radius 3 is 1.83 bits per heavy atom. The Bertz CT molecular complexity index is 581. The summed E-state index contributed by atoms with van der Waals surface area (Å²) in [4.78, 5) is 10.8. The molecule has 0 spiro atoms. The third-order valence-corrected chi connectivity index (χ3v) is 12.3. The van der Waals surface area contributed by atoms with E-state index >= 15 is 0 Å². The van der Waals surface area contributed by atoms with Gasteiger partial charge in [-0.25, -0.2) is 0 Å². The molecular weight excluding hydrogens is 438 g/mol. The SMILES string of the molecule is CC(=O)OCCC[CH2][Sn]([c]1ccc(Cl)cc1)[c]1ccc(Cl)cc1. The molecule has 0 bridgehead atoms. The van der Waals surface area contributed by atoms with Crippen LogP contribution < -0.4 is 7.16 Å². The maximum atomic E-state index is 10.8.